The predicted molar refractivity (Wildman–Crippen MR) is 69.8 cm³/mol. The van der Waals surface area contributed by atoms with Gasteiger partial charge in [0.2, 0.25) is 0 Å². The van der Waals surface area contributed by atoms with Crippen molar-refractivity contribution in [3.63, 3.8) is 0 Å². The second kappa shape index (κ2) is 5.27. The summed E-state index contributed by atoms with van der Waals surface area (Å²) in [5.74, 6) is 0.642. The molecule has 1 heterocycles. The summed E-state index contributed by atoms with van der Waals surface area (Å²) in [5, 5.41) is 0. The molecule has 2 rings (SSSR count). The molecule has 1 atom stereocenters. The van der Waals surface area contributed by atoms with Crippen LogP contribution in [0, 0.1) is 0 Å². The molecule has 0 bridgehead atoms. The van der Waals surface area contributed by atoms with Crippen LogP contribution in [0.4, 0.5) is 11.4 Å². The first-order valence-electron chi connectivity index (χ1n) is 6.00. The fourth-order valence-electron chi connectivity index (χ4n) is 2.02. The molecule has 1 aliphatic rings. The lowest BCUT2D eigenvalue weighted by Gasteiger charge is -2.33. The van der Waals surface area contributed by atoms with E-state index >= 15 is 0 Å². The molecule has 0 fully saturated rings. The third-order valence-electron chi connectivity index (χ3n) is 2.92. The first kappa shape index (κ1) is 12.7. The maximum absolute atomic E-state index is 12.1. The lowest BCUT2D eigenvalue weighted by atomic mass is 10.1. The standard InChI is InChI=1S/C13H18N2O3/c1-9-13(16)15(6-3-7-17-2)11-5-4-10(14)8-12(11)18-9/h4-5,8-9H,3,6-7,14H2,1-2H3. The highest BCUT2D eigenvalue weighted by Gasteiger charge is 2.30. The Morgan fingerprint density at radius 2 is 2.28 bits per heavy atom. The number of carbonyl (C=O) groups is 1. The van der Waals surface area contributed by atoms with Crippen molar-refractivity contribution in [3.8, 4) is 5.75 Å². The Kier molecular flexibility index (Phi) is 3.72. The zero-order valence-electron chi connectivity index (χ0n) is 10.7. The first-order valence-corrected chi connectivity index (χ1v) is 6.00. The molecular formula is C13H18N2O3. The van der Waals surface area contributed by atoms with E-state index in [0.29, 0.717) is 24.6 Å². The summed E-state index contributed by atoms with van der Waals surface area (Å²) in [6.45, 7) is 3.00. The van der Waals surface area contributed by atoms with Crippen LogP contribution in [-0.2, 0) is 9.53 Å². The third kappa shape index (κ3) is 2.41. The van der Waals surface area contributed by atoms with Crippen molar-refractivity contribution in [3.05, 3.63) is 18.2 Å². The molecule has 1 aromatic carbocycles. The minimum Gasteiger partial charge on any atom is -0.479 e. The molecule has 0 radical (unpaired) electrons. The van der Waals surface area contributed by atoms with Crippen molar-refractivity contribution in [1.29, 1.82) is 0 Å². The van der Waals surface area contributed by atoms with Crippen LogP contribution in [0.1, 0.15) is 13.3 Å². The van der Waals surface area contributed by atoms with Gasteiger partial charge in [-0.15, -0.1) is 0 Å². The van der Waals surface area contributed by atoms with E-state index < -0.39 is 6.10 Å². The highest BCUT2D eigenvalue weighted by Crippen LogP contribution is 2.35. The topological polar surface area (TPSA) is 64.8 Å². The summed E-state index contributed by atoms with van der Waals surface area (Å²) in [6.07, 6.45) is 0.320. The van der Waals surface area contributed by atoms with Crippen molar-refractivity contribution in [2.45, 2.75) is 19.4 Å². The summed E-state index contributed by atoms with van der Waals surface area (Å²) >= 11 is 0. The van der Waals surface area contributed by atoms with Gasteiger partial charge in [0.1, 0.15) is 5.75 Å². The predicted octanol–water partition coefficient (Wildman–Crippen LogP) is 1.42. The number of ether oxygens (including phenoxy) is 2. The second-order valence-corrected chi connectivity index (χ2v) is 4.32. The van der Waals surface area contributed by atoms with E-state index in [0.717, 1.165) is 12.1 Å². The quantitative estimate of drug-likeness (QED) is 0.648. The largest absolute Gasteiger partial charge is 0.479 e. The van der Waals surface area contributed by atoms with Crippen molar-refractivity contribution < 1.29 is 14.3 Å². The van der Waals surface area contributed by atoms with Crippen LogP contribution in [0.5, 0.6) is 5.75 Å². The molecule has 0 aromatic heterocycles. The van der Waals surface area contributed by atoms with Crippen LogP contribution in [0.25, 0.3) is 0 Å². The fraction of sp³-hybridized carbons (Fsp3) is 0.462. The van der Waals surface area contributed by atoms with Crippen LogP contribution in [0.15, 0.2) is 18.2 Å². The zero-order chi connectivity index (χ0) is 13.1. The molecule has 18 heavy (non-hydrogen) atoms. The SMILES string of the molecule is COCCCN1C(=O)C(C)Oc2cc(N)ccc21. The van der Waals surface area contributed by atoms with Gasteiger partial charge in [0.05, 0.1) is 5.69 Å². The minimum atomic E-state index is -0.471. The van der Waals surface area contributed by atoms with E-state index in [2.05, 4.69) is 0 Å². The van der Waals surface area contributed by atoms with E-state index in [4.69, 9.17) is 15.2 Å². The zero-order valence-corrected chi connectivity index (χ0v) is 10.7. The summed E-state index contributed by atoms with van der Waals surface area (Å²) < 4.78 is 10.6. The monoisotopic (exact) mass is 250 g/mol. The summed E-state index contributed by atoms with van der Waals surface area (Å²) in [4.78, 5) is 13.8. The molecule has 98 valence electrons. The van der Waals surface area contributed by atoms with Crippen LogP contribution in [0.2, 0.25) is 0 Å². The molecule has 1 unspecified atom stereocenters. The number of hydrogen-bond acceptors (Lipinski definition) is 4. The molecule has 1 aliphatic heterocycles. The molecule has 0 saturated heterocycles. The average Bonchev–Trinajstić information content (AvgIpc) is 2.34. The molecule has 5 nitrogen and oxygen atoms in total. The van der Waals surface area contributed by atoms with E-state index in [9.17, 15) is 4.79 Å². The van der Waals surface area contributed by atoms with Crippen LogP contribution >= 0.6 is 0 Å². The van der Waals surface area contributed by atoms with Crippen molar-refractivity contribution >= 4 is 17.3 Å². The Labute approximate surface area is 106 Å². The average molecular weight is 250 g/mol. The lowest BCUT2D eigenvalue weighted by molar-refractivity contribution is -0.125. The van der Waals surface area contributed by atoms with Gasteiger partial charge in [-0.2, -0.15) is 0 Å². The van der Waals surface area contributed by atoms with Gasteiger partial charge in [-0.25, -0.2) is 0 Å². The van der Waals surface area contributed by atoms with Gasteiger partial charge in [0, 0.05) is 32.0 Å². The third-order valence-corrected chi connectivity index (χ3v) is 2.92. The number of methoxy groups -OCH3 is 1. The number of fused-ring (bicyclic) bond motifs is 1. The highest BCUT2D eigenvalue weighted by atomic mass is 16.5. The molecule has 2 N–H and O–H groups in total. The maximum atomic E-state index is 12.1. The van der Waals surface area contributed by atoms with E-state index in [-0.39, 0.29) is 5.91 Å². The Hall–Kier alpha value is -1.75. The summed E-state index contributed by atoms with van der Waals surface area (Å²) in [5.41, 5.74) is 7.14. The maximum Gasteiger partial charge on any atom is 0.267 e. The molecule has 0 spiro atoms. The van der Waals surface area contributed by atoms with Crippen LogP contribution < -0.4 is 15.4 Å². The molecule has 1 aromatic rings. The van der Waals surface area contributed by atoms with E-state index in [1.165, 1.54) is 0 Å². The number of nitrogens with two attached hydrogens (primary N) is 1. The van der Waals surface area contributed by atoms with Gasteiger partial charge in [-0.05, 0) is 25.5 Å². The van der Waals surface area contributed by atoms with Crippen molar-refractivity contribution in [2.24, 2.45) is 0 Å². The minimum absolute atomic E-state index is 0.0247. The smallest absolute Gasteiger partial charge is 0.267 e. The van der Waals surface area contributed by atoms with Gasteiger partial charge >= 0.3 is 0 Å². The summed E-state index contributed by atoms with van der Waals surface area (Å²) in [6, 6.07) is 5.34. The number of rotatable bonds is 4. The highest BCUT2D eigenvalue weighted by molar-refractivity contribution is 6.00. The van der Waals surface area contributed by atoms with Gasteiger partial charge in [0.25, 0.3) is 5.91 Å². The second-order valence-electron chi connectivity index (χ2n) is 4.32. The number of nitrogen functional groups attached to an aromatic ring is 1. The number of benzene rings is 1. The van der Waals surface area contributed by atoms with E-state index in [1.54, 1.807) is 31.1 Å². The molecule has 5 heteroatoms. The number of amides is 1. The Morgan fingerprint density at radius 1 is 1.50 bits per heavy atom. The van der Waals surface area contributed by atoms with Crippen molar-refractivity contribution in [2.75, 3.05) is 30.9 Å². The summed E-state index contributed by atoms with van der Waals surface area (Å²) in [7, 11) is 1.65. The van der Waals surface area contributed by atoms with Gasteiger partial charge in [0.15, 0.2) is 6.10 Å². The van der Waals surface area contributed by atoms with Gasteiger partial charge in [-0.1, -0.05) is 0 Å². The normalized spacial score (nSPS) is 18.4. The van der Waals surface area contributed by atoms with E-state index in [1.807, 2.05) is 6.07 Å². The first-order chi connectivity index (χ1) is 8.63. The molecule has 0 saturated carbocycles. The number of nitrogens with zero attached hydrogens (tertiary/aromatic N) is 1. The molecule has 1 amide bonds. The Morgan fingerprint density at radius 3 is 3.00 bits per heavy atom. The van der Waals surface area contributed by atoms with Crippen molar-refractivity contribution in [1.82, 2.24) is 0 Å². The van der Waals surface area contributed by atoms with Crippen LogP contribution in [-0.4, -0.2) is 32.3 Å². The fourth-order valence-corrected chi connectivity index (χ4v) is 2.02. The molecule has 0 aliphatic carbocycles. The lowest BCUT2D eigenvalue weighted by Crippen LogP contribution is -2.45. The van der Waals surface area contributed by atoms with Gasteiger partial charge in [-0.3, -0.25) is 4.79 Å². The Balaban J connectivity index is 2.24. The van der Waals surface area contributed by atoms with Crippen LogP contribution in [0.3, 0.4) is 0 Å². The number of hydrogen-bond donors (Lipinski definition) is 1. The van der Waals surface area contributed by atoms with Gasteiger partial charge < -0.3 is 20.1 Å². The Bertz CT molecular complexity index is 448. The molecular weight excluding hydrogens is 232 g/mol. The number of anilines is 2. The number of carbonyl (C=O) groups excluding carboxylic acids is 1.